The Bertz CT molecular complexity index is 830. The van der Waals surface area contributed by atoms with Crippen LogP contribution in [0.15, 0.2) is 60.7 Å². The standard InChI is InChI=1S/C19H15NO3/c1-18-12-15(21)19(18,13-8-4-2-5-9-13)17(23)20(16(18)22)14-10-6-3-7-11-14/h2-11H,12H2,1H3. The van der Waals surface area contributed by atoms with Crippen LogP contribution in [0.3, 0.4) is 0 Å². The monoisotopic (exact) mass is 305 g/mol. The molecule has 4 heteroatoms. The fourth-order valence-corrected chi connectivity index (χ4v) is 3.99. The van der Waals surface area contributed by atoms with Crippen molar-refractivity contribution in [1.82, 2.24) is 0 Å². The molecule has 1 heterocycles. The smallest absolute Gasteiger partial charge is 0.253 e. The van der Waals surface area contributed by atoms with E-state index in [1.165, 1.54) is 4.90 Å². The van der Waals surface area contributed by atoms with Gasteiger partial charge in [0.15, 0.2) is 5.78 Å². The Balaban J connectivity index is 1.94. The summed E-state index contributed by atoms with van der Waals surface area (Å²) >= 11 is 0. The number of Topliss-reactive ketones (excluding diaryl/α,β-unsaturated/α-hetero) is 1. The number of imide groups is 1. The molecule has 1 saturated heterocycles. The van der Waals surface area contributed by atoms with Gasteiger partial charge in [-0.1, -0.05) is 48.5 Å². The molecule has 1 aliphatic carbocycles. The van der Waals surface area contributed by atoms with Crippen molar-refractivity contribution in [3.05, 3.63) is 66.2 Å². The van der Waals surface area contributed by atoms with Gasteiger partial charge in [-0.3, -0.25) is 14.4 Å². The van der Waals surface area contributed by atoms with Crippen molar-refractivity contribution in [1.29, 1.82) is 0 Å². The molecule has 4 rings (SSSR count). The molecule has 23 heavy (non-hydrogen) atoms. The molecule has 1 saturated carbocycles. The molecule has 2 aromatic rings. The highest BCUT2D eigenvalue weighted by Crippen LogP contribution is 2.61. The van der Waals surface area contributed by atoms with Crippen LogP contribution in [0.25, 0.3) is 0 Å². The predicted molar refractivity (Wildman–Crippen MR) is 84.8 cm³/mol. The predicted octanol–water partition coefficient (Wildman–Crippen LogP) is 2.48. The third-order valence-electron chi connectivity index (χ3n) is 5.18. The van der Waals surface area contributed by atoms with E-state index < -0.39 is 16.7 Å². The summed E-state index contributed by atoms with van der Waals surface area (Å²) in [6.07, 6.45) is 0.107. The second-order valence-corrected chi connectivity index (χ2v) is 6.33. The summed E-state index contributed by atoms with van der Waals surface area (Å²) in [4.78, 5) is 39.9. The third kappa shape index (κ3) is 1.43. The van der Waals surface area contributed by atoms with Crippen molar-refractivity contribution in [2.45, 2.75) is 18.8 Å². The second kappa shape index (κ2) is 4.38. The van der Waals surface area contributed by atoms with E-state index in [9.17, 15) is 14.4 Å². The molecule has 2 unspecified atom stereocenters. The quantitative estimate of drug-likeness (QED) is 0.632. The largest absolute Gasteiger partial charge is 0.298 e. The van der Waals surface area contributed by atoms with Crippen molar-refractivity contribution in [2.75, 3.05) is 4.90 Å². The SMILES string of the molecule is CC12CC(=O)C1(c1ccccc1)C(=O)N(c1ccccc1)C2=O. The van der Waals surface area contributed by atoms with E-state index in [4.69, 9.17) is 0 Å². The summed E-state index contributed by atoms with van der Waals surface area (Å²) in [6.45, 7) is 1.73. The maximum absolute atomic E-state index is 13.2. The fourth-order valence-electron chi connectivity index (χ4n) is 3.99. The average Bonchev–Trinajstić information content (AvgIpc) is 2.69. The van der Waals surface area contributed by atoms with Gasteiger partial charge in [-0.2, -0.15) is 0 Å². The number of para-hydroxylation sites is 1. The Labute approximate surface area is 133 Å². The number of hydrogen-bond acceptors (Lipinski definition) is 3. The van der Waals surface area contributed by atoms with Gasteiger partial charge in [0.25, 0.3) is 5.91 Å². The van der Waals surface area contributed by atoms with E-state index in [-0.39, 0.29) is 18.1 Å². The van der Waals surface area contributed by atoms with E-state index in [0.29, 0.717) is 11.3 Å². The number of ketones is 1. The normalized spacial score (nSPS) is 29.4. The number of anilines is 1. The van der Waals surface area contributed by atoms with Gasteiger partial charge in [0.05, 0.1) is 11.1 Å². The summed E-state index contributed by atoms with van der Waals surface area (Å²) in [5.41, 5.74) is -1.25. The number of amides is 2. The summed E-state index contributed by atoms with van der Waals surface area (Å²) in [5, 5.41) is 0. The van der Waals surface area contributed by atoms with Crippen LogP contribution in [-0.4, -0.2) is 17.6 Å². The molecular weight excluding hydrogens is 290 g/mol. The van der Waals surface area contributed by atoms with Crippen molar-refractivity contribution in [3.63, 3.8) is 0 Å². The summed E-state index contributed by atoms with van der Waals surface area (Å²) in [5.74, 6) is -0.904. The highest BCUT2D eigenvalue weighted by atomic mass is 16.2. The summed E-state index contributed by atoms with van der Waals surface area (Å²) < 4.78 is 0. The zero-order valence-electron chi connectivity index (χ0n) is 12.7. The Morgan fingerprint density at radius 1 is 0.826 bits per heavy atom. The zero-order valence-corrected chi connectivity index (χ0v) is 12.7. The van der Waals surface area contributed by atoms with Gasteiger partial charge in [0.2, 0.25) is 5.91 Å². The second-order valence-electron chi connectivity index (χ2n) is 6.33. The minimum atomic E-state index is -1.37. The fraction of sp³-hybridized carbons (Fsp3) is 0.211. The van der Waals surface area contributed by atoms with E-state index in [1.54, 1.807) is 55.5 Å². The summed E-state index contributed by atoms with van der Waals surface area (Å²) in [7, 11) is 0. The van der Waals surface area contributed by atoms with E-state index in [1.807, 2.05) is 12.1 Å². The van der Waals surface area contributed by atoms with Crippen LogP contribution in [0.1, 0.15) is 18.9 Å². The lowest BCUT2D eigenvalue weighted by Crippen LogP contribution is -2.63. The first-order chi connectivity index (χ1) is 11.0. The Morgan fingerprint density at radius 3 is 1.96 bits per heavy atom. The molecule has 0 spiro atoms. The Morgan fingerprint density at radius 2 is 1.39 bits per heavy atom. The lowest BCUT2D eigenvalue weighted by Gasteiger charge is -2.47. The lowest BCUT2D eigenvalue weighted by molar-refractivity contribution is -0.154. The highest BCUT2D eigenvalue weighted by molar-refractivity contribution is 6.39. The minimum absolute atomic E-state index is 0.107. The number of carbonyl (C=O) groups excluding carboxylic acids is 3. The molecule has 2 fully saturated rings. The molecular formula is C19H15NO3. The molecule has 2 aromatic carbocycles. The number of carbonyl (C=O) groups is 3. The zero-order chi connectivity index (χ0) is 16.2. The molecule has 0 bridgehead atoms. The van der Waals surface area contributed by atoms with Crippen LogP contribution in [0.5, 0.6) is 0 Å². The Kier molecular flexibility index (Phi) is 2.64. The molecule has 2 atom stereocenters. The minimum Gasteiger partial charge on any atom is -0.298 e. The van der Waals surface area contributed by atoms with E-state index >= 15 is 0 Å². The Hall–Kier alpha value is -2.75. The van der Waals surface area contributed by atoms with Crippen molar-refractivity contribution < 1.29 is 14.4 Å². The lowest BCUT2D eigenvalue weighted by atomic mass is 9.48. The molecule has 4 nitrogen and oxygen atoms in total. The van der Waals surface area contributed by atoms with Crippen LogP contribution in [0.2, 0.25) is 0 Å². The number of benzene rings is 2. The van der Waals surface area contributed by atoms with Gasteiger partial charge in [-0.15, -0.1) is 0 Å². The van der Waals surface area contributed by atoms with Gasteiger partial charge < -0.3 is 0 Å². The van der Waals surface area contributed by atoms with E-state index in [0.717, 1.165) is 0 Å². The average molecular weight is 305 g/mol. The number of rotatable bonds is 2. The maximum Gasteiger partial charge on any atom is 0.253 e. The van der Waals surface area contributed by atoms with Gasteiger partial charge in [-0.05, 0) is 24.6 Å². The molecule has 0 aromatic heterocycles. The van der Waals surface area contributed by atoms with Gasteiger partial charge in [-0.25, -0.2) is 4.90 Å². The van der Waals surface area contributed by atoms with Gasteiger partial charge in [0, 0.05) is 6.42 Å². The van der Waals surface area contributed by atoms with Crippen molar-refractivity contribution >= 4 is 23.3 Å². The topological polar surface area (TPSA) is 54.5 Å². The highest BCUT2D eigenvalue weighted by Gasteiger charge is 2.78. The molecule has 0 N–H and O–H groups in total. The third-order valence-corrected chi connectivity index (χ3v) is 5.18. The number of nitrogens with zero attached hydrogens (tertiary/aromatic N) is 1. The van der Waals surface area contributed by atoms with Crippen LogP contribution in [0.4, 0.5) is 5.69 Å². The van der Waals surface area contributed by atoms with Gasteiger partial charge >= 0.3 is 0 Å². The van der Waals surface area contributed by atoms with Gasteiger partial charge in [0.1, 0.15) is 5.41 Å². The first kappa shape index (κ1) is 13.9. The van der Waals surface area contributed by atoms with E-state index in [2.05, 4.69) is 0 Å². The van der Waals surface area contributed by atoms with Crippen LogP contribution >= 0.6 is 0 Å². The molecule has 2 amide bonds. The maximum atomic E-state index is 13.2. The molecule has 2 aliphatic rings. The number of fused-ring (bicyclic) bond motifs is 1. The number of hydrogen-bond donors (Lipinski definition) is 0. The molecule has 114 valence electrons. The van der Waals surface area contributed by atoms with Crippen LogP contribution in [0, 0.1) is 5.41 Å². The van der Waals surface area contributed by atoms with Crippen molar-refractivity contribution in [3.8, 4) is 0 Å². The molecule has 1 aliphatic heterocycles. The van der Waals surface area contributed by atoms with Crippen molar-refractivity contribution in [2.24, 2.45) is 5.41 Å². The first-order valence-corrected chi connectivity index (χ1v) is 7.56. The van der Waals surface area contributed by atoms with Crippen LogP contribution < -0.4 is 4.90 Å². The first-order valence-electron chi connectivity index (χ1n) is 7.56. The molecule has 0 radical (unpaired) electrons. The van der Waals surface area contributed by atoms with Crippen LogP contribution in [-0.2, 0) is 19.8 Å². The summed E-state index contributed by atoms with van der Waals surface area (Å²) in [6, 6.07) is 17.7.